The predicted octanol–water partition coefficient (Wildman–Crippen LogP) is 1.73. The van der Waals surface area contributed by atoms with Gasteiger partial charge in [-0.05, 0) is 6.92 Å². The fraction of sp³-hybridized carbons (Fsp3) is 0.429. The summed E-state index contributed by atoms with van der Waals surface area (Å²) >= 11 is 0.231. The van der Waals surface area contributed by atoms with Gasteiger partial charge in [0.2, 0.25) is 5.78 Å². The number of aliphatic hydroxyl groups excluding tert-OH is 1. The molecule has 0 aromatic carbocycles. The minimum Gasteiger partial charge on any atom is -0.385 e. The van der Waals surface area contributed by atoms with Crippen molar-refractivity contribution in [1.82, 2.24) is 4.98 Å². The summed E-state index contributed by atoms with van der Waals surface area (Å²) < 4.78 is 36.1. The van der Waals surface area contributed by atoms with Gasteiger partial charge in [0, 0.05) is 6.20 Å². The fourth-order valence-corrected chi connectivity index (χ4v) is 1.53. The summed E-state index contributed by atoms with van der Waals surface area (Å²) in [6, 6.07) is 0. The van der Waals surface area contributed by atoms with Crippen molar-refractivity contribution < 1.29 is 23.1 Å². The van der Waals surface area contributed by atoms with Crippen LogP contribution in [0.3, 0.4) is 0 Å². The van der Waals surface area contributed by atoms with Crippen molar-refractivity contribution in [3.05, 3.63) is 16.1 Å². The van der Waals surface area contributed by atoms with E-state index in [0.29, 0.717) is 0 Å². The van der Waals surface area contributed by atoms with Gasteiger partial charge in [0.25, 0.3) is 0 Å². The van der Waals surface area contributed by atoms with Crippen LogP contribution in [0.25, 0.3) is 0 Å². The van der Waals surface area contributed by atoms with Crippen molar-refractivity contribution in [2.24, 2.45) is 0 Å². The number of carbonyl (C=O) groups excluding carboxylic acids is 1. The van der Waals surface area contributed by atoms with Gasteiger partial charge >= 0.3 is 6.18 Å². The predicted molar refractivity (Wildman–Crippen MR) is 43.1 cm³/mol. The first-order valence-electron chi connectivity index (χ1n) is 3.57. The average Bonchev–Trinajstić information content (AvgIpc) is 2.49. The maximum Gasteiger partial charge on any atom is 0.443 e. The largest absolute Gasteiger partial charge is 0.443 e. The Labute approximate surface area is 81.2 Å². The summed E-state index contributed by atoms with van der Waals surface area (Å²) in [6.07, 6.45) is -5.03. The van der Waals surface area contributed by atoms with Gasteiger partial charge in [-0.15, -0.1) is 11.3 Å². The number of nitrogens with zero attached hydrogens (tertiary/aromatic N) is 1. The number of carbonyl (C=O) groups is 1. The molecule has 0 amide bonds. The zero-order valence-corrected chi connectivity index (χ0v) is 7.82. The maximum absolute atomic E-state index is 12.0. The third kappa shape index (κ3) is 2.30. The second-order valence-corrected chi connectivity index (χ2v) is 3.60. The van der Waals surface area contributed by atoms with E-state index in [-0.39, 0.29) is 16.2 Å². The summed E-state index contributed by atoms with van der Waals surface area (Å²) in [5, 5.41) is 7.75. The lowest BCUT2D eigenvalue weighted by Gasteiger charge is -2.00. The number of aromatic nitrogens is 1. The van der Waals surface area contributed by atoms with Crippen LogP contribution in [0.15, 0.2) is 6.20 Å². The van der Waals surface area contributed by atoms with Gasteiger partial charge < -0.3 is 5.11 Å². The zero-order chi connectivity index (χ0) is 10.9. The van der Waals surface area contributed by atoms with Gasteiger partial charge in [-0.2, -0.15) is 13.2 Å². The SMILES string of the molecule is CC(O)C(=O)c1cnc(C(F)(F)F)s1. The second kappa shape index (κ2) is 3.66. The molecule has 1 heterocycles. The quantitative estimate of drug-likeness (QED) is 0.780. The fourth-order valence-electron chi connectivity index (χ4n) is 0.725. The minimum atomic E-state index is -4.54. The molecule has 0 aliphatic carbocycles. The molecule has 0 aliphatic heterocycles. The molecular formula is C7H6F3NO2S. The lowest BCUT2D eigenvalue weighted by Crippen LogP contribution is -2.14. The first-order chi connectivity index (χ1) is 6.32. The van der Waals surface area contributed by atoms with Crippen molar-refractivity contribution in [3.63, 3.8) is 0 Å². The number of alkyl halides is 3. The van der Waals surface area contributed by atoms with Crippen molar-refractivity contribution in [1.29, 1.82) is 0 Å². The molecule has 1 aromatic heterocycles. The Kier molecular flexibility index (Phi) is 2.91. The highest BCUT2D eigenvalue weighted by atomic mass is 32.1. The van der Waals surface area contributed by atoms with Crippen molar-refractivity contribution >= 4 is 17.1 Å². The van der Waals surface area contributed by atoms with Crippen molar-refractivity contribution in [2.45, 2.75) is 19.2 Å². The van der Waals surface area contributed by atoms with E-state index in [9.17, 15) is 18.0 Å². The molecule has 0 saturated carbocycles. The first kappa shape index (κ1) is 11.1. The number of hydrogen-bond donors (Lipinski definition) is 1. The van der Waals surface area contributed by atoms with E-state index in [1.54, 1.807) is 0 Å². The van der Waals surface area contributed by atoms with E-state index in [1.165, 1.54) is 6.92 Å². The molecule has 3 nitrogen and oxygen atoms in total. The zero-order valence-electron chi connectivity index (χ0n) is 7.00. The van der Waals surface area contributed by atoms with Gasteiger partial charge in [0.15, 0.2) is 5.01 Å². The van der Waals surface area contributed by atoms with Crippen LogP contribution in [0.4, 0.5) is 13.2 Å². The molecule has 1 N–H and O–H groups in total. The number of halogens is 3. The Balaban J connectivity index is 2.95. The normalized spacial score (nSPS) is 14.1. The summed E-state index contributed by atoms with van der Waals surface area (Å²) in [5.74, 6) is -0.752. The Bertz CT molecular complexity index is 345. The molecule has 0 bridgehead atoms. The third-order valence-electron chi connectivity index (χ3n) is 1.37. The Morgan fingerprint density at radius 1 is 1.64 bits per heavy atom. The number of Topliss-reactive ketones (excluding diaryl/α,β-unsaturated/α-hetero) is 1. The van der Waals surface area contributed by atoms with E-state index in [1.807, 2.05) is 0 Å². The smallest absolute Gasteiger partial charge is 0.385 e. The van der Waals surface area contributed by atoms with E-state index in [2.05, 4.69) is 4.98 Å². The van der Waals surface area contributed by atoms with Crippen LogP contribution >= 0.6 is 11.3 Å². The van der Waals surface area contributed by atoms with Crippen LogP contribution in [0.1, 0.15) is 21.6 Å². The highest BCUT2D eigenvalue weighted by Crippen LogP contribution is 2.32. The number of hydrogen-bond acceptors (Lipinski definition) is 4. The minimum absolute atomic E-state index is 0.188. The first-order valence-corrected chi connectivity index (χ1v) is 4.39. The van der Waals surface area contributed by atoms with Crippen LogP contribution in [0.2, 0.25) is 0 Å². The molecule has 0 saturated heterocycles. The monoisotopic (exact) mass is 225 g/mol. The molecule has 78 valence electrons. The van der Waals surface area contributed by atoms with Crippen LogP contribution in [0, 0.1) is 0 Å². The molecule has 0 radical (unpaired) electrons. The Morgan fingerprint density at radius 3 is 2.57 bits per heavy atom. The number of rotatable bonds is 2. The van der Waals surface area contributed by atoms with Crippen LogP contribution in [-0.4, -0.2) is 22.0 Å². The van der Waals surface area contributed by atoms with Crippen LogP contribution < -0.4 is 0 Å². The summed E-state index contributed by atoms with van der Waals surface area (Å²) in [4.78, 5) is 13.9. The third-order valence-corrected chi connectivity index (χ3v) is 2.43. The van der Waals surface area contributed by atoms with E-state index >= 15 is 0 Å². The molecule has 14 heavy (non-hydrogen) atoms. The topological polar surface area (TPSA) is 50.2 Å². The van der Waals surface area contributed by atoms with Crippen LogP contribution in [0.5, 0.6) is 0 Å². The van der Waals surface area contributed by atoms with E-state index < -0.39 is 23.1 Å². The summed E-state index contributed by atoms with van der Waals surface area (Å²) in [5.41, 5.74) is 0. The van der Waals surface area contributed by atoms with Crippen LogP contribution in [-0.2, 0) is 6.18 Å². The standard InChI is InChI=1S/C7H6F3NO2S/c1-3(12)5(13)4-2-11-6(14-4)7(8,9)10/h2-3,12H,1H3. The van der Waals surface area contributed by atoms with Crippen molar-refractivity contribution in [2.75, 3.05) is 0 Å². The second-order valence-electron chi connectivity index (χ2n) is 2.57. The molecule has 1 aromatic rings. The Morgan fingerprint density at radius 2 is 2.21 bits per heavy atom. The van der Waals surface area contributed by atoms with E-state index in [0.717, 1.165) is 6.20 Å². The number of aliphatic hydroxyl groups is 1. The van der Waals surface area contributed by atoms with Gasteiger partial charge in [0.05, 0.1) is 4.88 Å². The number of thiazole rings is 1. The van der Waals surface area contributed by atoms with Gasteiger partial charge in [-0.3, -0.25) is 4.79 Å². The van der Waals surface area contributed by atoms with E-state index in [4.69, 9.17) is 5.11 Å². The van der Waals surface area contributed by atoms with Crippen molar-refractivity contribution in [3.8, 4) is 0 Å². The molecule has 0 spiro atoms. The average molecular weight is 225 g/mol. The molecule has 0 aliphatic rings. The molecule has 0 fully saturated rings. The van der Waals surface area contributed by atoms with Gasteiger partial charge in [-0.1, -0.05) is 0 Å². The Hall–Kier alpha value is -0.950. The maximum atomic E-state index is 12.0. The molecule has 1 atom stereocenters. The van der Waals surface area contributed by atoms with Gasteiger partial charge in [-0.25, -0.2) is 4.98 Å². The lowest BCUT2D eigenvalue weighted by molar-refractivity contribution is -0.137. The lowest BCUT2D eigenvalue weighted by atomic mass is 10.2. The molecule has 7 heteroatoms. The molecule has 1 unspecified atom stereocenters. The highest BCUT2D eigenvalue weighted by molar-refractivity contribution is 7.13. The summed E-state index contributed by atoms with van der Waals surface area (Å²) in [7, 11) is 0. The molecular weight excluding hydrogens is 219 g/mol. The van der Waals surface area contributed by atoms with Gasteiger partial charge in [0.1, 0.15) is 6.10 Å². The number of ketones is 1. The highest BCUT2D eigenvalue weighted by Gasteiger charge is 2.35. The summed E-state index contributed by atoms with van der Waals surface area (Å²) in [6.45, 7) is 1.19. The molecule has 1 rings (SSSR count).